The van der Waals surface area contributed by atoms with Crippen molar-refractivity contribution in [2.24, 2.45) is 5.41 Å². The number of nitrogens with one attached hydrogen (secondary N) is 1. The van der Waals surface area contributed by atoms with Gasteiger partial charge in [0.05, 0.1) is 0 Å². The van der Waals surface area contributed by atoms with Gasteiger partial charge in [-0.2, -0.15) is 0 Å². The Kier molecular flexibility index (Phi) is 3.85. The van der Waals surface area contributed by atoms with E-state index in [1.165, 1.54) is 0 Å². The van der Waals surface area contributed by atoms with Crippen molar-refractivity contribution in [2.45, 2.75) is 31.6 Å². The van der Waals surface area contributed by atoms with Gasteiger partial charge in [-0.15, -0.1) is 0 Å². The van der Waals surface area contributed by atoms with Gasteiger partial charge < -0.3 is 10.1 Å². The Morgan fingerprint density at radius 1 is 1.16 bits per heavy atom. The summed E-state index contributed by atoms with van der Waals surface area (Å²) in [6.07, 6.45) is 4.46. The second-order valence-corrected chi connectivity index (χ2v) is 5.86. The Balaban J connectivity index is 1.94. The van der Waals surface area contributed by atoms with Crippen LogP contribution in [0, 0.1) is 11.2 Å². The lowest BCUT2D eigenvalue weighted by atomic mass is 9.64. The van der Waals surface area contributed by atoms with Crippen molar-refractivity contribution in [1.82, 2.24) is 5.32 Å². The maximum Gasteiger partial charge on any atom is 0.126 e. The third-order valence-electron chi connectivity index (χ3n) is 4.88. The van der Waals surface area contributed by atoms with Crippen molar-refractivity contribution < 1.29 is 9.13 Å². The van der Waals surface area contributed by atoms with E-state index in [2.05, 4.69) is 5.32 Å². The smallest absolute Gasteiger partial charge is 0.126 e. The fourth-order valence-corrected chi connectivity index (χ4v) is 3.80. The molecule has 0 radical (unpaired) electrons. The lowest BCUT2D eigenvalue weighted by Gasteiger charge is -2.44. The van der Waals surface area contributed by atoms with E-state index < -0.39 is 0 Å². The SMILES string of the molecule is Fc1ccccc1C1CNCCC12CCCOCC2. The highest BCUT2D eigenvalue weighted by atomic mass is 19.1. The first-order valence-electron chi connectivity index (χ1n) is 7.35. The van der Waals surface area contributed by atoms with Gasteiger partial charge in [0.1, 0.15) is 5.82 Å². The van der Waals surface area contributed by atoms with Crippen LogP contribution in [0.4, 0.5) is 4.39 Å². The zero-order valence-electron chi connectivity index (χ0n) is 11.3. The summed E-state index contributed by atoms with van der Waals surface area (Å²) >= 11 is 0. The van der Waals surface area contributed by atoms with E-state index >= 15 is 0 Å². The molecule has 2 atom stereocenters. The van der Waals surface area contributed by atoms with Crippen molar-refractivity contribution in [3.8, 4) is 0 Å². The molecule has 2 aliphatic heterocycles. The largest absolute Gasteiger partial charge is 0.381 e. The van der Waals surface area contributed by atoms with Gasteiger partial charge in [0, 0.05) is 25.7 Å². The standard InChI is InChI=1S/C16H22FNO/c17-15-5-2-1-4-13(15)14-12-18-9-7-16(14)6-3-10-19-11-8-16/h1-2,4-5,14,18H,3,6-12H2. The number of hydrogen-bond donors (Lipinski definition) is 1. The summed E-state index contributed by atoms with van der Waals surface area (Å²) in [5, 5.41) is 3.45. The molecule has 0 aromatic heterocycles. The third kappa shape index (κ3) is 2.54. The third-order valence-corrected chi connectivity index (χ3v) is 4.88. The maximum atomic E-state index is 14.2. The zero-order valence-corrected chi connectivity index (χ0v) is 11.3. The number of hydrogen-bond acceptors (Lipinski definition) is 2. The van der Waals surface area contributed by atoms with Crippen LogP contribution < -0.4 is 5.32 Å². The Hall–Kier alpha value is -0.930. The van der Waals surface area contributed by atoms with Crippen LogP contribution in [0.2, 0.25) is 0 Å². The molecule has 1 aromatic carbocycles. The quantitative estimate of drug-likeness (QED) is 0.840. The van der Waals surface area contributed by atoms with Gasteiger partial charge in [0.2, 0.25) is 0 Å². The molecule has 0 aliphatic carbocycles. The van der Waals surface area contributed by atoms with Crippen LogP contribution in [0.15, 0.2) is 24.3 Å². The van der Waals surface area contributed by atoms with Crippen molar-refractivity contribution in [2.75, 3.05) is 26.3 Å². The molecule has 2 unspecified atom stereocenters. The highest BCUT2D eigenvalue weighted by Crippen LogP contribution is 2.48. The molecule has 0 amide bonds. The molecular weight excluding hydrogens is 241 g/mol. The monoisotopic (exact) mass is 263 g/mol. The summed E-state index contributed by atoms with van der Waals surface area (Å²) in [5.74, 6) is 0.227. The molecule has 0 bridgehead atoms. The number of rotatable bonds is 1. The van der Waals surface area contributed by atoms with Crippen LogP contribution in [0.3, 0.4) is 0 Å². The molecule has 2 saturated heterocycles. The zero-order chi connectivity index (χ0) is 13.1. The van der Waals surface area contributed by atoms with Crippen LogP contribution in [0.25, 0.3) is 0 Å². The molecule has 1 aromatic rings. The first-order chi connectivity index (χ1) is 9.32. The van der Waals surface area contributed by atoms with E-state index in [1.54, 1.807) is 12.1 Å². The van der Waals surface area contributed by atoms with Crippen molar-refractivity contribution >= 4 is 0 Å². The summed E-state index contributed by atoms with van der Waals surface area (Å²) in [5.41, 5.74) is 1.11. The number of ether oxygens (including phenoxy) is 1. The van der Waals surface area contributed by atoms with Crippen LogP contribution >= 0.6 is 0 Å². The second kappa shape index (κ2) is 5.59. The second-order valence-electron chi connectivity index (χ2n) is 5.86. The fourth-order valence-electron chi connectivity index (χ4n) is 3.80. The lowest BCUT2D eigenvalue weighted by Crippen LogP contribution is -2.44. The van der Waals surface area contributed by atoms with E-state index in [4.69, 9.17) is 4.74 Å². The van der Waals surface area contributed by atoms with Gasteiger partial charge >= 0.3 is 0 Å². The molecule has 1 spiro atoms. The summed E-state index contributed by atoms with van der Waals surface area (Å²) in [6, 6.07) is 7.28. The maximum absolute atomic E-state index is 14.2. The Bertz CT molecular complexity index is 427. The number of piperidine rings is 1. The van der Waals surface area contributed by atoms with Crippen LogP contribution in [-0.4, -0.2) is 26.3 Å². The fraction of sp³-hybridized carbons (Fsp3) is 0.625. The van der Waals surface area contributed by atoms with Gasteiger partial charge in [0.25, 0.3) is 0 Å². The molecule has 0 saturated carbocycles. The summed E-state index contributed by atoms with van der Waals surface area (Å²) in [6.45, 7) is 3.62. The van der Waals surface area contributed by atoms with Crippen molar-refractivity contribution in [1.29, 1.82) is 0 Å². The highest BCUT2D eigenvalue weighted by Gasteiger charge is 2.42. The molecule has 104 valence electrons. The summed E-state index contributed by atoms with van der Waals surface area (Å²) in [7, 11) is 0. The van der Waals surface area contributed by atoms with Crippen LogP contribution in [0.1, 0.15) is 37.2 Å². The van der Waals surface area contributed by atoms with Gasteiger partial charge in [-0.05, 0) is 49.3 Å². The van der Waals surface area contributed by atoms with Gasteiger partial charge in [-0.25, -0.2) is 4.39 Å². The molecular formula is C16H22FNO. The first-order valence-corrected chi connectivity index (χ1v) is 7.35. The van der Waals surface area contributed by atoms with Gasteiger partial charge in [-0.1, -0.05) is 18.2 Å². The van der Waals surface area contributed by atoms with E-state index in [-0.39, 0.29) is 17.2 Å². The van der Waals surface area contributed by atoms with Crippen LogP contribution in [-0.2, 0) is 4.74 Å². The highest BCUT2D eigenvalue weighted by molar-refractivity contribution is 5.25. The Morgan fingerprint density at radius 3 is 2.95 bits per heavy atom. The number of benzene rings is 1. The molecule has 3 heteroatoms. The van der Waals surface area contributed by atoms with Crippen molar-refractivity contribution in [3.63, 3.8) is 0 Å². The minimum Gasteiger partial charge on any atom is -0.381 e. The topological polar surface area (TPSA) is 21.3 Å². The average molecular weight is 263 g/mol. The Labute approximate surface area is 114 Å². The van der Waals surface area contributed by atoms with E-state index in [0.29, 0.717) is 0 Å². The molecule has 2 nitrogen and oxygen atoms in total. The van der Waals surface area contributed by atoms with E-state index in [0.717, 1.165) is 57.6 Å². The molecule has 1 N–H and O–H groups in total. The molecule has 2 fully saturated rings. The number of halogens is 1. The predicted molar refractivity (Wildman–Crippen MR) is 73.7 cm³/mol. The molecule has 19 heavy (non-hydrogen) atoms. The molecule has 2 heterocycles. The van der Waals surface area contributed by atoms with Crippen molar-refractivity contribution in [3.05, 3.63) is 35.6 Å². The lowest BCUT2D eigenvalue weighted by molar-refractivity contribution is 0.102. The van der Waals surface area contributed by atoms with Gasteiger partial charge in [-0.3, -0.25) is 0 Å². The normalized spacial score (nSPS) is 32.2. The minimum atomic E-state index is -0.0549. The first kappa shape index (κ1) is 13.1. The van der Waals surface area contributed by atoms with Crippen LogP contribution in [0.5, 0.6) is 0 Å². The predicted octanol–water partition coefficient (Wildman–Crippen LogP) is 3.09. The summed E-state index contributed by atoms with van der Waals surface area (Å²) < 4.78 is 19.8. The molecule has 3 rings (SSSR count). The molecule has 2 aliphatic rings. The Morgan fingerprint density at radius 2 is 2.05 bits per heavy atom. The van der Waals surface area contributed by atoms with E-state index in [1.807, 2.05) is 12.1 Å². The van der Waals surface area contributed by atoms with Gasteiger partial charge in [0.15, 0.2) is 0 Å². The average Bonchev–Trinajstić information content (AvgIpc) is 2.67. The summed E-state index contributed by atoms with van der Waals surface area (Å²) in [4.78, 5) is 0. The minimum absolute atomic E-state index is 0.0549. The van der Waals surface area contributed by atoms with E-state index in [9.17, 15) is 4.39 Å².